The second kappa shape index (κ2) is 7.69. The van der Waals surface area contributed by atoms with E-state index in [9.17, 15) is 9.59 Å². The fourth-order valence-electron chi connectivity index (χ4n) is 2.94. The Kier molecular flexibility index (Phi) is 5.34. The van der Waals surface area contributed by atoms with Gasteiger partial charge in [-0.1, -0.05) is 12.1 Å². The number of carbonyl (C=O) groups excluding carboxylic acids is 2. The smallest absolute Gasteiger partial charge is 0.410 e. The van der Waals surface area contributed by atoms with Crippen molar-refractivity contribution in [3.63, 3.8) is 0 Å². The number of hydrogen-bond acceptors (Lipinski definition) is 6. The molecule has 2 aromatic rings. The van der Waals surface area contributed by atoms with E-state index in [1.165, 1.54) is 11.1 Å². The maximum absolute atomic E-state index is 12.5. The first-order valence-corrected chi connectivity index (χ1v) is 8.87. The highest BCUT2D eigenvalue weighted by atomic mass is 16.6. The second-order valence-electron chi connectivity index (χ2n) is 7.34. The maximum Gasteiger partial charge on any atom is 0.410 e. The molecule has 8 heteroatoms. The topological polar surface area (TPSA) is 96.8 Å². The summed E-state index contributed by atoms with van der Waals surface area (Å²) in [5.74, 6) is -0.332. The van der Waals surface area contributed by atoms with Crippen molar-refractivity contribution in [2.75, 3.05) is 6.54 Å². The van der Waals surface area contributed by atoms with E-state index in [-0.39, 0.29) is 5.91 Å². The normalized spacial score (nSPS) is 17.4. The molecule has 27 heavy (non-hydrogen) atoms. The molecular formula is C19H23N5O3. The van der Waals surface area contributed by atoms with Crippen molar-refractivity contribution in [3.05, 3.63) is 36.2 Å². The Morgan fingerprint density at radius 2 is 2.07 bits per heavy atom. The van der Waals surface area contributed by atoms with Gasteiger partial charge in [0.25, 0.3) is 5.91 Å². The Balaban J connectivity index is 1.66. The van der Waals surface area contributed by atoms with Gasteiger partial charge in [0.1, 0.15) is 11.6 Å². The van der Waals surface area contributed by atoms with Crippen LogP contribution in [0.4, 0.5) is 4.79 Å². The summed E-state index contributed by atoms with van der Waals surface area (Å²) in [5.41, 5.74) is 4.11. The predicted molar refractivity (Wildman–Crippen MR) is 101 cm³/mol. The van der Waals surface area contributed by atoms with Gasteiger partial charge in [0.05, 0.1) is 17.2 Å². The van der Waals surface area contributed by atoms with Crippen LogP contribution in [0.1, 0.15) is 39.2 Å². The van der Waals surface area contributed by atoms with E-state index in [0.717, 1.165) is 17.5 Å². The molecule has 0 aliphatic carbocycles. The molecule has 1 fully saturated rings. The van der Waals surface area contributed by atoms with Crippen LogP contribution >= 0.6 is 0 Å². The van der Waals surface area contributed by atoms with E-state index in [1.807, 2.05) is 18.2 Å². The molecule has 8 nitrogen and oxygen atoms in total. The number of nitrogens with one attached hydrogen (secondary N) is 1. The average molecular weight is 369 g/mol. The monoisotopic (exact) mass is 369 g/mol. The molecule has 1 saturated heterocycles. The fourth-order valence-corrected chi connectivity index (χ4v) is 2.94. The van der Waals surface area contributed by atoms with Crippen molar-refractivity contribution in [1.82, 2.24) is 20.3 Å². The van der Waals surface area contributed by atoms with Gasteiger partial charge in [-0.3, -0.25) is 19.7 Å². The van der Waals surface area contributed by atoms with Crippen molar-refractivity contribution < 1.29 is 14.3 Å². The van der Waals surface area contributed by atoms with Crippen LogP contribution in [0.25, 0.3) is 11.0 Å². The Bertz CT molecular complexity index is 870. The van der Waals surface area contributed by atoms with Gasteiger partial charge in [-0.2, -0.15) is 5.10 Å². The number of amides is 2. The molecule has 0 saturated carbocycles. The number of ether oxygens (including phenoxy) is 1. The van der Waals surface area contributed by atoms with Crippen LogP contribution in [-0.2, 0) is 9.53 Å². The van der Waals surface area contributed by atoms with Crippen molar-refractivity contribution in [2.24, 2.45) is 5.10 Å². The van der Waals surface area contributed by atoms with Gasteiger partial charge >= 0.3 is 6.09 Å². The first kappa shape index (κ1) is 18.8. The number of carbonyl (C=O) groups is 2. The van der Waals surface area contributed by atoms with Gasteiger partial charge in [-0.25, -0.2) is 10.2 Å². The van der Waals surface area contributed by atoms with Crippen LogP contribution in [-0.4, -0.2) is 51.3 Å². The Morgan fingerprint density at radius 3 is 2.85 bits per heavy atom. The number of benzene rings is 1. The van der Waals surface area contributed by atoms with E-state index < -0.39 is 17.7 Å². The lowest BCUT2D eigenvalue weighted by molar-refractivity contribution is -0.125. The Labute approximate surface area is 157 Å². The summed E-state index contributed by atoms with van der Waals surface area (Å²) in [4.78, 5) is 34.7. The molecule has 1 aliphatic rings. The lowest BCUT2D eigenvalue weighted by atomic mass is 10.2. The highest BCUT2D eigenvalue weighted by Crippen LogP contribution is 2.21. The molecule has 1 aromatic carbocycles. The molecular weight excluding hydrogens is 346 g/mol. The van der Waals surface area contributed by atoms with Gasteiger partial charge in [-0.15, -0.1) is 0 Å². The molecule has 2 amide bonds. The highest BCUT2D eigenvalue weighted by molar-refractivity contribution is 5.96. The summed E-state index contributed by atoms with van der Waals surface area (Å²) in [6, 6.07) is 4.97. The molecule has 1 aromatic heterocycles. The molecule has 1 atom stereocenters. The summed E-state index contributed by atoms with van der Waals surface area (Å²) in [6.07, 6.45) is 5.61. The summed E-state index contributed by atoms with van der Waals surface area (Å²) in [6.45, 7) is 5.89. The molecule has 0 unspecified atom stereocenters. The second-order valence-corrected chi connectivity index (χ2v) is 7.34. The Hall–Kier alpha value is -3.03. The summed E-state index contributed by atoms with van der Waals surface area (Å²) in [5, 5.41) is 4.03. The molecule has 142 valence electrons. The number of fused-ring (bicyclic) bond motifs is 1. The number of para-hydroxylation sites is 1. The van der Waals surface area contributed by atoms with Crippen molar-refractivity contribution in [2.45, 2.75) is 45.3 Å². The first-order valence-electron chi connectivity index (χ1n) is 8.87. The first-order chi connectivity index (χ1) is 12.8. The van der Waals surface area contributed by atoms with E-state index >= 15 is 0 Å². The third-order valence-electron chi connectivity index (χ3n) is 4.09. The van der Waals surface area contributed by atoms with Crippen LogP contribution in [0.15, 0.2) is 35.7 Å². The number of hydrazone groups is 1. The SMILES string of the molecule is CC(C)(C)OC(=O)N1CCC[C@H]1C(=O)NN=Cc1cccc2nccnc12. The number of rotatable bonds is 3. The predicted octanol–water partition coefficient (Wildman–Crippen LogP) is 2.48. The molecule has 2 heterocycles. The van der Waals surface area contributed by atoms with Crippen LogP contribution < -0.4 is 5.43 Å². The van der Waals surface area contributed by atoms with Crippen molar-refractivity contribution in [1.29, 1.82) is 0 Å². The highest BCUT2D eigenvalue weighted by Gasteiger charge is 2.36. The number of nitrogens with zero attached hydrogens (tertiary/aromatic N) is 4. The van der Waals surface area contributed by atoms with Crippen molar-refractivity contribution >= 4 is 29.2 Å². The van der Waals surface area contributed by atoms with Gasteiger partial charge in [0, 0.05) is 24.5 Å². The average Bonchev–Trinajstić information content (AvgIpc) is 3.10. The summed E-state index contributed by atoms with van der Waals surface area (Å²) < 4.78 is 5.38. The van der Waals surface area contributed by atoms with Gasteiger partial charge in [0.15, 0.2) is 0 Å². The van der Waals surface area contributed by atoms with Gasteiger partial charge < -0.3 is 4.74 Å². The van der Waals surface area contributed by atoms with Crippen LogP contribution in [0.3, 0.4) is 0 Å². The number of likely N-dealkylation sites (tertiary alicyclic amines) is 1. The summed E-state index contributed by atoms with van der Waals surface area (Å²) in [7, 11) is 0. The number of aromatic nitrogens is 2. The fraction of sp³-hybridized carbons (Fsp3) is 0.421. The zero-order valence-corrected chi connectivity index (χ0v) is 15.7. The minimum absolute atomic E-state index is 0.332. The quantitative estimate of drug-likeness (QED) is 0.662. The zero-order chi connectivity index (χ0) is 19.4. The van der Waals surface area contributed by atoms with Crippen molar-refractivity contribution in [3.8, 4) is 0 Å². The molecule has 0 radical (unpaired) electrons. The molecule has 0 spiro atoms. The molecule has 0 bridgehead atoms. The van der Waals surface area contributed by atoms with Crippen LogP contribution in [0, 0.1) is 0 Å². The van der Waals surface area contributed by atoms with Gasteiger partial charge in [0.2, 0.25) is 0 Å². The number of hydrogen-bond donors (Lipinski definition) is 1. The molecule has 1 N–H and O–H groups in total. The van der Waals surface area contributed by atoms with Gasteiger partial charge in [-0.05, 0) is 39.7 Å². The standard InChI is InChI=1S/C19H23N5O3/c1-19(2,3)27-18(26)24-11-5-8-15(24)17(25)23-22-12-13-6-4-7-14-16(13)21-10-9-20-14/h4,6-7,9-10,12,15H,5,8,11H2,1-3H3,(H,23,25)/t15-/m0/s1. The third-order valence-corrected chi connectivity index (χ3v) is 4.09. The van der Waals surface area contributed by atoms with E-state index in [2.05, 4.69) is 20.5 Å². The third kappa shape index (κ3) is 4.58. The molecule has 3 rings (SSSR count). The van der Waals surface area contributed by atoms with E-state index in [4.69, 9.17) is 4.74 Å². The lowest BCUT2D eigenvalue weighted by Crippen LogP contribution is -2.46. The zero-order valence-electron chi connectivity index (χ0n) is 15.7. The minimum atomic E-state index is -0.603. The molecule has 1 aliphatic heterocycles. The lowest BCUT2D eigenvalue weighted by Gasteiger charge is -2.27. The largest absolute Gasteiger partial charge is 0.444 e. The maximum atomic E-state index is 12.5. The van der Waals surface area contributed by atoms with Crippen LogP contribution in [0.5, 0.6) is 0 Å². The minimum Gasteiger partial charge on any atom is -0.444 e. The van der Waals surface area contributed by atoms with E-state index in [1.54, 1.807) is 33.2 Å². The summed E-state index contributed by atoms with van der Waals surface area (Å²) >= 11 is 0. The van der Waals surface area contributed by atoms with Crippen LogP contribution in [0.2, 0.25) is 0 Å². The Morgan fingerprint density at radius 1 is 1.30 bits per heavy atom. The van der Waals surface area contributed by atoms with E-state index in [0.29, 0.717) is 18.5 Å².